The van der Waals surface area contributed by atoms with E-state index in [1.165, 1.54) is 12.0 Å². The molecule has 1 amide bonds. The summed E-state index contributed by atoms with van der Waals surface area (Å²) in [6.07, 6.45) is 0. The van der Waals surface area contributed by atoms with E-state index in [-0.39, 0.29) is 12.5 Å². The van der Waals surface area contributed by atoms with E-state index >= 15 is 0 Å². The Balaban J connectivity index is 2.07. The number of hydrogen-bond acceptors (Lipinski definition) is 5. The summed E-state index contributed by atoms with van der Waals surface area (Å²) in [6.45, 7) is 1.86. The Morgan fingerprint density at radius 2 is 2.14 bits per heavy atom. The average Bonchev–Trinajstić information content (AvgIpc) is 2.55. The maximum atomic E-state index is 12.5. The number of hydrogen-bond donors (Lipinski definition) is 1. The molecule has 0 radical (unpaired) electrons. The van der Waals surface area contributed by atoms with E-state index in [0.717, 1.165) is 5.56 Å². The van der Waals surface area contributed by atoms with Gasteiger partial charge in [-0.25, -0.2) is 0 Å². The number of esters is 1. The van der Waals surface area contributed by atoms with E-state index in [9.17, 15) is 9.59 Å². The van der Waals surface area contributed by atoms with Gasteiger partial charge in [-0.05, 0) is 5.56 Å². The highest BCUT2D eigenvalue weighted by atomic mass is 16.5. The van der Waals surface area contributed by atoms with Crippen LogP contribution in [0.2, 0.25) is 0 Å². The smallest absolute Gasteiger partial charge is 0.325 e. The fourth-order valence-electron chi connectivity index (χ4n) is 2.18. The zero-order valence-electron chi connectivity index (χ0n) is 12.1. The van der Waals surface area contributed by atoms with E-state index in [1.54, 1.807) is 0 Å². The van der Waals surface area contributed by atoms with Crippen LogP contribution in [0, 0.1) is 0 Å². The number of morpholine rings is 1. The molecule has 6 heteroatoms. The molecule has 1 saturated heterocycles. The molecule has 0 bridgehead atoms. The number of rotatable bonds is 5. The Morgan fingerprint density at radius 1 is 1.38 bits per heavy atom. The van der Waals surface area contributed by atoms with E-state index in [0.29, 0.717) is 26.3 Å². The zero-order valence-corrected chi connectivity index (χ0v) is 12.1. The number of benzene rings is 1. The normalized spacial score (nSPS) is 18.0. The summed E-state index contributed by atoms with van der Waals surface area (Å²) in [7, 11) is 1.31. The van der Waals surface area contributed by atoms with Gasteiger partial charge in [-0.1, -0.05) is 30.3 Å². The van der Waals surface area contributed by atoms with Gasteiger partial charge < -0.3 is 19.7 Å². The van der Waals surface area contributed by atoms with E-state index in [4.69, 9.17) is 4.74 Å². The summed E-state index contributed by atoms with van der Waals surface area (Å²) in [5, 5.41) is 3.11. The van der Waals surface area contributed by atoms with Gasteiger partial charge in [-0.15, -0.1) is 0 Å². The standard InChI is InChI=1S/C15H20N2O4/c1-20-14(18)10-17(9-12-5-3-2-4-6-12)15(19)13-11-21-8-7-16-13/h2-6,13,16H,7-11H2,1H3. The fourth-order valence-corrected chi connectivity index (χ4v) is 2.18. The van der Waals surface area contributed by atoms with Crippen LogP contribution >= 0.6 is 0 Å². The summed E-state index contributed by atoms with van der Waals surface area (Å²) in [4.78, 5) is 25.6. The van der Waals surface area contributed by atoms with Gasteiger partial charge in [0.15, 0.2) is 0 Å². The lowest BCUT2D eigenvalue weighted by Crippen LogP contribution is -2.53. The minimum absolute atomic E-state index is 0.0671. The van der Waals surface area contributed by atoms with Crippen molar-refractivity contribution >= 4 is 11.9 Å². The highest BCUT2D eigenvalue weighted by Gasteiger charge is 2.27. The number of carbonyl (C=O) groups is 2. The quantitative estimate of drug-likeness (QED) is 0.784. The van der Waals surface area contributed by atoms with Crippen LogP contribution in [0.1, 0.15) is 5.56 Å². The lowest BCUT2D eigenvalue weighted by Gasteiger charge is -2.29. The first-order valence-corrected chi connectivity index (χ1v) is 6.91. The molecule has 2 rings (SSSR count). The van der Waals surface area contributed by atoms with Crippen molar-refractivity contribution in [3.8, 4) is 0 Å². The second-order valence-corrected chi connectivity index (χ2v) is 4.84. The molecule has 1 atom stereocenters. The summed E-state index contributed by atoms with van der Waals surface area (Å²) in [5.74, 6) is -0.583. The maximum absolute atomic E-state index is 12.5. The number of nitrogens with one attached hydrogen (secondary N) is 1. The van der Waals surface area contributed by atoms with Crippen molar-refractivity contribution in [2.45, 2.75) is 12.6 Å². The van der Waals surface area contributed by atoms with Gasteiger partial charge in [-0.2, -0.15) is 0 Å². The monoisotopic (exact) mass is 292 g/mol. The van der Waals surface area contributed by atoms with Gasteiger partial charge in [0, 0.05) is 13.1 Å². The highest BCUT2D eigenvalue weighted by molar-refractivity contribution is 5.86. The number of amides is 1. The van der Waals surface area contributed by atoms with Crippen LogP contribution in [0.4, 0.5) is 0 Å². The molecule has 1 unspecified atom stereocenters. The molecule has 21 heavy (non-hydrogen) atoms. The molecule has 0 aliphatic carbocycles. The third kappa shape index (κ3) is 4.54. The lowest BCUT2D eigenvalue weighted by molar-refractivity contribution is -0.149. The van der Waals surface area contributed by atoms with Crippen LogP contribution in [0.25, 0.3) is 0 Å². The Labute approximate surface area is 124 Å². The Hall–Kier alpha value is -1.92. The Kier molecular flexibility index (Phi) is 5.71. The van der Waals surface area contributed by atoms with Crippen molar-refractivity contribution in [1.82, 2.24) is 10.2 Å². The van der Waals surface area contributed by atoms with Gasteiger partial charge in [0.05, 0.1) is 20.3 Å². The summed E-state index contributed by atoms with van der Waals surface area (Å²) >= 11 is 0. The molecule has 1 N–H and O–H groups in total. The molecule has 1 aromatic rings. The molecule has 0 spiro atoms. The number of ether oxygens (including phenoxy) is 2. The SMILES string of the molecule is COC(=O)CN(Cc1ccccc1)C(=O)C1COCCN1. The van der Waals surface area contributed by atoms with E-state index in [2.05, 4.69) is 10.1 Å². The maximum Gasteiger partial charge on any atom is 0.325 e. The van der Waals surface area contributed by atoms with Crippen molar-refractivity contribution in [2.75, 3.05) is 33.4 Å². The van der Waals surface area contributed by atoms with Crippen molar-refractivity contribution in [1.29, 1.82) is 0 Å². The molecule has 1 heterocycles. The van der Waals surface area contributed by atoms with Crippen LogP contribution in [0.15, 0.2) is 30.3 Å². The molecular weight excluding hydrogens is 272 g/mol. The van der Waals surface area contributed by atoms with Crippen molar-refractivity contribution < 1.29 is 19.1 Å². The number of nitrogens with zero attached hydrogens (tertiary/aromatic N) is 1. The van der Waals surface area contributed by atoms with Gasteiger partial charge in [0.25, 0.3) is 0 Å². The first-order chi connectivity index (χ1) is 10.2. The fraction of sp³-hybridized carbons (Fsp3) is 0.467. The molecule has 1 aliphatic heterocycles. The minimum Gasteiger partial charge on any atom is -0.468 e. The first-order valence-electron chi connectivity index (χ1n) is 6.91. The van der Waals surface area contributed by atoms with Gasteiger partial charge in [0.1, 0.15) is 12.6 Å². The molecule has 0 saturated carbocycles. The van der Waals surface area contributed by atoms with E-state index < -0.39 is 12.0 Å². The molecule has 6 nitrogen and oxygen atoms in total. The lowest BCUT2D eigenvalue weighted by atomic mass is 10.2. The molecule has 114 valence electrons. The van der Waals surface area contributed by atoms with Crippen LogP contribution < -0.4 is 5.32 Å². The predicted molar refractivity (Wildman–Crippen MR) is 76.5 cm³/mol. The molecule has 0 aromatic heterocycles. The van der Waals surface area contributed by atoms with Crippen molar-refractivity contribution in [3.05, 3.63) is 35.9 Å². The van der Waals surface area contributed by atoms with Crippen LogP contribution in [-0.2, 0) is 25.6 Å². The van der Waals surface area contributed by atoms with Crippen LogP contribution in [0.3, 0.4) is 0 Å². The van der Waals surface area contributed by atoms with Crippen molar-refractivity contribution in [3.63, 3.8) is 0 Å². The first kappa shape index (κ1) is 15.5. The Morgan fingerprint density at radius 3 is 2.76 bits per heavy atom. The predicted octanol–water partition coefficient (Wildman–Crippen LogP) is 0.177. The third-order valence-corrected chi connectivity index (χ3v) is 3.30. The summed E-state index contributed by atoms with van der Waals surface area (Å²) in [5.41, 5.74) is 0.964. The van der Waals surface area contributed by atoms with Gasteiger partial charge in [-0.3, -0.25) is 9.59 Å². The molecular formula is C15H20N2O4. The number of methoxy groups -OCH3 is 1. The minimum atomic E-state index is -0.434. The second kappa shape index (κ2) is 7.75. The average molecular weight is 292 g/mol. The highest BCUT2D eigenvalue weighted by Crippen LogP contribution is 2.08. The van der Waals surface area contributed by atoms with Crippen molar-refractivity contribution in [2.24, 2.45) is 0 Å². The van der Waals surface area contributed by atoms with Crippen LogP contribution in [-0.4, -0.2) is 56.2 Å². The van der Waals surface area contributed by atoms with E-state index in [1.807, 2.05) is 30.3 Å². The summed E-state index contributed by atoms with van der Waals surface area (Å²) < 4.78 is 9.98. The topological polar surface area (TPSA) is 67.9 Å². The Bertz CT molecular complexity index is 472. The molecule has 1 fully saturated rings. The van der Waals surface area contributed by atoms with Gasteiger partial charge in [0.2, 0.25) is 5.91 Å². The largest absolute Gasteiger partial charge is 0.468 e. The molecule has 1 aliphatic rings. The van der Waals surface area contributed by atoms with Gasteiger partial charge >= 0.3 is 5.97 Å². The number of carbonyl (C=O) groups excluding carboxylic acids is 2. The summed E-state index contributed by atoms with van der Waals surface area (Å²) in [6, 6.07) is 9.14. The second-order valence-electron chi connectivity index (χ2n) is 4.84. The molecule has 1 aromatic carbocycles. The zero-order chi connectivity index (χ0) is 15.1. The third-order valence-electron chi connectivity index (χ3n) is 3.30. The van der Waals surface area contributed by atoms with Crippen LogP contribution in [0.5, 0.6) is 0 Å².